The Labute approximate surface area is 85.1 Å². The van der Waals surface area contributed by atoms with E-state index in [1.165, 1.54) is 0 Å². The number of aliphatic hydroxyl groups excluding tert-OH is 1. The number of hydrogen-bond acceptors (Lipinski definition) is 3. The number of nitrogens with zero attached hydrogens (tertiary/aromatic N) is 1. The van der Waals surface area contributed by atoms with Gasteiger partial charge in [0.05, 0.1) is 11.6 Å². The van der Waals surface area contributed by atoms with Crippen LogP contribution in [0.2, 0.25) is 0 Å². The molecule has 82 valence electrons. The highest BCUT2D eigenvalue weighted by Gasteiger charge is 2.36. The smallest absolute Gasteiger partial charge is 0.242 e. The molecule has 1 atom stereocenters. The molecule has 4 nitrogen and oxygen atoms in total. The number of amides is 1. The summed E-state index contributed by atoms with van der Waals surface area (Å²) >= 11 is 0. The van der Waals surface area contributed by atoms with Gasteiger partial charge in [-0.25, -0.2) is 0 Å². The predicted octanol–water partition coefficient (Wildman–Crippen LogP) is 0.0971. The van der Waals surface area contributed by atoms with Crippen LogP contribution in [0, 0.1) is 0 Å². The lowest BCUT2D eigenvalue weighted by Gasteiger charge is -2.30. The van der Waals surface area contributed by atoms with Crippen LogP contribution in [0.5, 0.6) is 0 Å². The Bertz CT molecular complexity index is 214. The van der Waals surface area contributed by atoms with Gasteiger partial charge in [-0.3, -0.25) is 4.79 Å². The second kappa shape index (κ2) is 4.28. The van der Waals surface area contributed by atoms with Crippen LogP contribution >= 0.6 is 0 Å². The van der Waals surface area contributed by atoms with E-state index in [2.05, 4.69) is 0 Å². The maximum absolute atomic E-state index is 12.0. The minimum absolute atomic E-state index is 0.0148. The van der Waals surface area contributed by atoms with Crippen molar-refractivity contribution in [1.82, 2.24) is 4.90 Å². The van der Waals surface area contributed by atoms with Gasteiger partial charge in [-0.05, 0) is 19.3 Å². The first-order valence-electron chi connectivity index (χ1n) is 5.29. The van der Waals surface area contributed by atoms with E-state index in [4.69, 9.17) is 5.73 Å². The Morgan fingerprint density at radius 1 is 1.57 bits per heavy atom. The average Bonchev–Trinajstić information content (AvgIpc) is 2.62. The van der Waals surface area contributed by atoms with Gasteiger partial charge < -0.3 is 15.7 Å². The normalized spacial score (nSPS) is 22.9. The molecule has 1 fully saturated rings. The fourth-order valence-electron chi connectivity index (χ4n) is 1.79. The first-order valence-corrected chi connectivity index (χ1v) is 5.29. The molecular formula is C10H20N2O2. The van der Waals surface area contributed by atoms with E-state index in [1.807, 2.05) is 13.8 Å². The number of β-amino-alcohol motifs (C(OH)–C–C–N with tert-alkyl or cyclic N) is 1. The minimum Gasteiger partial charge on any atom is -0.391 e. The highest BCUT2D eigenvalue weighted by atomic mass is 16.3. The van der Waals surface area contributed by atoms with E-state index in [9.17, 15) is 9.90 Å². The summed E-state index contributed by atoms with van der Waals surface area (Å²) in [6.07, 6.45) is 1.61. The van der Waals surface area contributed by atoms with E-state index < -0.39 is 5.54 Å². The van der Waals surface area contributed by atoms with E-state index in [1.54, 1.807) is 4.90 Å². The fraction of sp³-hybridized carbons (Fsp3) is 0.900. The van der Waals surface area contributed by atoms with Crippen LogP contribution in [0.3, 0.4) is 0 Å². The topological polar surface area (TPSA) is 66.6 Å². The summed E-state index contributed by atoms with van der Waals surface area (Å²) in [6.45, 7) is 4.93. The molecule has 0 aliphatic carbocycles. The van der Waals surface area contributed by atoms with Crippen molar-refractivity contribution in [3.05, 3.63) is 0 Å². The molecule has 0 unspecified atom stereocenters. The Balaban J connectivity index is 2.64. The first-order chi connectivity index (χ1) is 6.53. The number of hydrogen-bond donors (Lipinski definition) is 2. The molecule has 1 rings (SSSR count). The van der Waals surface area contributed by atoms with Gasteiger partial charge >= 0.3 is 0 Å². The summed E-state index contributed by atoms with van der Waals surface area (Å²) in [6, 6.07) is 0. The molecule has 0 saturated carbocycles. The monoisotopic (exact) mass is 200 g/mol. The van der Waals surface area contributed by atoms with Gasteiger partial charge in [0.15, 0.2) is 0 Å². The number of aliphatic hydroxyl groups is 1. The molecule has 0 aromatic heterocycles. The predicted molar refractivity (Wildman–Crippen MR) is 54.7 cm³/mol. The van der Waals surface area contributed by atoms with Gasteiger partial charge in [0.25, 0.3) is 0 Å². The summed E-state index contributed by atoms with van der Waals surface area (Å²) in [4.78, 5) is 13.6. The van der Waals surface area contributed by atoms with E-state index in [0.717, 1.165) is 0 Å². The average molecular weight is 200 g/mol. The van der Waals surface area contributed by atoms with Crippen LogP contribution in [0.15, 0.2) is 0 Å². The largest absolute Gasteiger partial charge is 0.391 e. The standard InChI is InChI=1S/C10H20N2O2/c1-3-10(11,4-2)9(14)12-6-5-8(13)7-12/h8,13H,3-7,11H2,1-2H3/t8-/m0/s1. The van der Waals surface area contributed by atoms with Gasteiger partial charge in [0.2, 0.25) is 5.91 Å². The molecule has 0 radical (unpaired) electrons. The van der Waals surface area contributed by atoms with Crippen LogP contribution in [0.1, 0.15) is 33.1 Å². The molecule has 0 aromatic rings. The summed E-state index contributed by atoms with van der Waals surface area (Å²) in [7, 11) is 0. The van der Waals surface area contributed by atoms with E-state index in [0.29, 0.717) is 32.4 Å². The van der Waals surface area contributed by atoms with Gasteiger partial charge in [0, 0.05) is 13.1 Å². The Hall–Kier alpha value is -0.610. The lowest BCUT2D eigenvalue weighted by atomic mass is 9.92. The summed E-state index contributed by atoms with van der Waals surface area (Å²) in [5, 5.41) is 9.32. The lowest BCUT2D eigenvalue weighted by Crippen LogP contribution is -2.54. The molecule has 3 N–H and O–H groups in total. The third-order valence-corrected chi connectivity index (χ3v) is 3.14. The SMILES string of the molecule is CCC(N)(CC)C(=O)N1CC[C@H](O)C1. The quantitative estimate of drug-likeness (QED) is 0.679. The maximum atomic E-state index is 12.0. The van der Waals surface area contributed by atoms with Gasteiger partial charge in [0.1, 0.15) is 0 Å². The van der Waals surface area contributed by atoms with Gasteiger partial charge in [-0.15, -0.1) is 0 Å². The molecule has 1 aliphatic rings. The zero-order chi connectivity index (χ0) is 10.8. The molecule has 1 saturated heterocycles. The van der Waals surface area contributed by atoms with E-state index >= 15 is 0 Å². The van der Waals surface area contributed by atoms with Crippen LogP contribution < -0.4 is 5.73 Å². The molecule has 0 spiro atoms. The van der Waals surface area contributed by atoms with Crippen molar-refractivity contribution >= 4 is 5.91 Å². The van der Waals surface area contributed by atoms with Gasteiger partial charge in [-0.1, -0.05) is 13.8 Å². The Morgan fingerprint density at radius 2 is 2.14 bits per heavy atom. The van der Waals surface area contributed by atoms with Crippen molar-refractivity contribution in [1.29, 1.82) is 0 Å². The molecular weight excluding hydrogens is 180 g/mol. The number of likely N-dealkylation sites (tertiary alicyclic amines) is 1. The molecule has 1 aliphatic heterocycles. The molecule has 0 aromatic carbocycles. The molecule has 1 amide bonds. The second-order valence-electron chi connectivity index (χ2n) is 4.06. The lowest BCUT2D eigenvalue weighted by molar-refractivity contribution is -0.136. The van der Waals surface area contributed by atoms with Crippen LogP contribution in [-0.2, 0) is 4.79 Å². The number of rotatable bonds is 3. The Morgan fingerprint density at radius 3 is 2.50 bits per heavy atom. The number of nitrogens with two attached hydrogens (primary N) is 1. The molecule has 0 bridgehead atoms. The van der Waals surface area contributed by atoms with Gasteiger partial charge in [-0.2, -0.15) is 0 Å². The Kier molecular flexibility index (Phi) is 3.50. The number of carbonyl (C=O) groups excluding carboxylic acids is 1. The highest BCUT2D eigenvalue weighted by Crippen LogP contribution is 2.19. The van der Waals surface area contributed by atoms with E-state index in [-0.39, 0.29) is 12.0 Å². The van der Waals surface area contributed by atoms with Crippen molar-refractivity contribution < 1.29 is 9.90 Å². The van der Waals surface area contributed by atoms with Crippen LogP contribution in [0.25, 0.3) is 0 Å². The zero-order valence-corrected chi connectivity index (χ0v) is 8.99. The third kappa shape index (κ3) is 2.07. The van der Waals surface area contributed by atoms with Crippen LogP contribution in [0.4, 0.5) is 0 Å². The summed E-state index contributed by atoms with van der Waals surface area (Å²) in [5.41, 5.74) is 5.26. The van der Waals surface area contributed by atoms with Crippen molar-refractivity contribution in [3.63, 3.8) is 0 Å². The highest BCUT2D eigenvalue weighted by molar-refractivity contribution is 5.86. The summed E-state index contributed by atoms with van der Waals surface area (Å²) < 4.78 is 0. The molecule has 4 heteroatoms. The molecule has 1 heterocycles. The van der Waals surface area contributed by atoms with Crippen molar-refractivity contribution in [2.75, 3.05) is 13.1 Å². The maximum Gasteiger partial charge on any atom is 0.242 e. The minimum atomic E-state index is -0.732. The number of carbonyl (C=O) groups is 1. The van der Waals surface area contributed by atoms with Crippen LogP contribution in [-0.4, -0.2) is 40.6 Å². The molecule has 14 heavy (non-hydrogen) atoms. The van der Waals surface area contributed by atoms with Crippen molar-refractivity contribution in [2.45, 2.75) is 44.8 Å². The summed E-state index contributed by atoms with van der Waals surface area (Å²) in [5.74, 6) is -0.0148. The second-order valence-corrected chi connectivity index (χ2v) is 4.06. The first kappa shape index (κ1) is 11.5. The fourth-order valence-corrected chi connectivity index (χ4v) is 1.79. The third-order valence-electron chi connectivity index (χ3n) is 3.14. The van der Waals surface area contributed by atoms with Crippen molar-refractivity contribution in [3.8, 4) is 0 Å². The zero-order valence-electron chi connectivity index (χ0n) is 8.99. The van der Waals surface area contributed by atoms with Crippen molar-refractivity contribution in [2.24, 2.45) is 5.73 Å².